The maximum absolute atomic E-state index is 10.9. The molecule has 0 aliphatic heterocycles. The highest BCUT2D eigenvalue weighted by Gasteiger charge is 2.13. The maximum Gasteiger partial charge on any atom is 0.241 e. The number of carbonyl (C=O) groups is 2. The van der Waals surface area contributed by atoms with Gasteiger partial charge in [0.15, 0.2) is 0 Å². The van der Waals surface area contributed by atoms with E-state index in [4.69, 9.17) is 0 Å². The third-order valence-corrected chi connectivity index (χ3v) is 2.17. The highest BCUT2D eigenvalue weighted by atomic mass is 32.2. The first-order chi connectivity index (χ1) is 6.97. The Balaban J connectivity index is 3.87. The van der Waals surface area contributed by atoms with E-state index in [-0.39, 0.29) is 19.4 Å². The van der Waals surface area contributed by atoms with Crippen molar-refractivity contribution in [2.45, 2.75) is 12.5 Å². The van der Waals surface area contributed by atoms with E-state index in [0.717, 1.165) is 4.31 Å². The molecule has 0 fully saturated rings. The largest absolute Gasteiger partial charge is 0.391 e. The first-order valence-electron chi connectivity index (χ1n) is 3.99. The molecule has 1 atom stereocenters. The number of thiol groups is 1. The Morgan fingerprint density at radius 1 is 1.60 bits per heavy atom. The minimum atomic E-state index is -2.76. The number of nitrogens with one attached hydrogen (secondary N) is 2. The molecule has 0 saturated heterocycles. The summed E-state index contributed by atoms with van der Waals surface area (Å²) < 4.78 is 21.7. The van der Waals surface area contributed by atoms with Crippen LogP contribution in [0, 0.1) is 0 Å². The number of nitrogens with zero attached hydrogens (tertiary/aromatic N) is 1. The van der Waals surface area contributed by atoms with Crippen molar-refractivity contribution >= 4 is 23.2 Å². The minimum absolute atomic E-state index is 0.173. The van der Waals surface area contributed by atoms with Crippen LogP contribution >= 0.6 is 0 Å². The second-order valence-electron chi connectivity index (χ2n) is 2.75. The summed E-state index contributed by atoms with van der Waals surface area (Å²) >= 11 is 0. The highest BCUT2D eigenvalue weighted by Crippen LogP contribution is 1.94. The Bertz CT molecular complexity index is 284. The quantitative estimate of drug-likeness (QED) is 0.214. The first kappa shape index (κ1) is 13.8. The van der Waals surface area contributed by atoms with Gasteiger partial charge in [-0.2, -0.15) is 0 Å². The normalized spacial score (nSPS) is 12.5. The first-order valence-corrected chi connectivity index (χ1v) is 5.12. The average molecular weight is 239 g/mol. The van der Waals surface area contributed by atoms with Gasteiger partial charge >= 0.3 is 0 Å². The lowest BCUT2D eigenvalue weighted by Crippen LogP contribution is -2.39. The third-order valence-electron chi connectivity index (χ3n) is 1.45. The molecule has 0 aromatic rings. The fraction of sp³-hybridized carbons (Fsp3) is 0.667. The summed E-state index contributed by atoms with van der Waals surface area (Å²) in [4.78, 5) is 20.7. The molecule has 0 spiro atoms. The predicted octanol–water partition coefficient (Wildman–Crippen LogP) is -3.03. The molecule has 8 nitrogen and oxygen atoms in total. The summed E-state index contributed by atoms with van der Waals surface area (Å²) in [6, 6.07) is 0. The van der Waals surface area contributed by atoms with Crippen molar-refractivity contribution in [2.24, 2.45) is 0 Å². The Morgan fingerprint density at radius 2 is 2.20 bits per heavy atom. The molecule has 0 saturated carbocycles. The van der Waals surface area contributed by atoms with Crippen LogP contribution < -0.4 is 10.9 Å². The van der Waals surface area contributed by atoms with Crippen LogP contribution in [0.25, 0.3) is 0 Å². The lowest BCUT2D eigenvalue weighted by Gasteiger charge is -2.14. The van der Waals surface area contributed by atoms with E-state index in [2.05, 4.69) is 0 Å². The van der Waals surface area contributed by atoms with Crippen LogP contribution in [0.15, 0.2) is 0 Å². The SMILES string of the molecule is CN(C[C@@H](O)CC(=O)NNC=O)[SH](=O)=O. The van der Waals surface area contributed by atoms with E-state index in [1.54, 1.807) is 0 Å². The van der Waals surface area contributed by atoms with Crippen molar-refractivity contribution in [2.75, 3.05) is 13.6 Å². The monoisotopic (exact) mass is 239 g/mol. The van der Waals surface area contributed by atoms with E-state index in [0.29, 0.717) is 0 Å². The number of hydrogen-bond donors (Lipinski definition) is 4. The van der Waals surface area contributed by atoms with Gasteiger partial charge in [-0.25, -0.2) is 12.7 Å². The number of hydrogen-bond acceptors (Lipinski definition) is 5. The van der Waals surface area contributed by atoms with E-state index in [9.17, 15) is 23.1 Å². The minimum Gasteiger partial charge on any atom is -0.391 e. The zero-order chi connectivity index (χ0) is 11.8. The van der Waals surface area contributed by atoms with Gasteiger partial charge in [0, 0.05) is 13.6 Å². The molecule has 88 valence electrons. The molecule has 0 unspecified atom stereocenters. The summed E-state index contributed by atoms with van der Waals surface area (Å²) in [6.45, 7) is -0.173. The molecule has 0 aliphatic carbocycles. The molecule has 0 aliphatic rings. The van der Waals surface area contributed by atoms with E-state index >= 15 is 0 Å². The topological polar surface area (TPSA) is 116 Å². The Morgan fingerprint density at radius 3 is 2.67 bits per heavy atom. The summed E-state index contributed by atoms with van der Waals surface area (Å²) in [5.41, 5.74) is 3.88. The zero-order valence-electron chi connectivity index (χ0n) is 8.04. The van der Waals surface area contributed by atoms with Gasteiger partial charge in [-0.1, -0.05) is 0 Å². The number of likely N-dealkylation sites (N-methyl/N-ethyl adjacent to an activating group) is 1. The number of hydrazine groups is 1. The van der Waals surface area contributed by atoms with Gasteiger partial charge in [0.2, 0.25) is 23.2 Å². The molecule has 0 heterocycles. The average Bonchev–Trinajstić information content (AvgIpc) is 2.14. The van der Waals surface area contributed by atoms with Crippen LogP contribution in [0.4, 0.5) is 0 Å². The molecule has 15 heavy (non-hydrogen) atoms. The third kappa shape index (κ3) is 6.82. The Hall–Kier alpha value is -1.19. The fourth-order valence-electron chi connectivity index (χ4n) is 0.811. The van der Waals surface area contributed by atoms with Crippen molar-refractivity contribution in [3.8, 4) is 0 Å². The van der Waals surface area contributed by atoms with Crippen LogP contribution in [-0.2, 0) is 20.5 Å². The van der Waals surface area contributed by atoms with Crippen LogP contribution in [-0.4, -0.2) is 49.8 Å². The molecule has 0 radical (unpaired) electrons. The van der Waals surface area contributed by atoms with Crippen LogP contribution in [0.2, 0.25) is 0 Å². The molecule has 2 amide bonds. The number of carbonyl (C=O) groups excluding carboxylic acids is 2. The molecule has 0 rings (SSSR count). The zero-order valence-corrected chi connectivity index (χ0v) is 8.94. The summed E-state index contributed by atoms with van der Waals surface area (Å²) in [5, 5.41) is 9.25. The van der Waals surface area contributed by atoms with Gasteiger partial charge in [-0.05, 0) is 0 Å². The maximum atomic E-state index is 10.9. The number of amides is 2. The molecule has 0 aromatic heterocycles. The van der Waals surface area contributed by atoms with E-state index < -0.39 is 22.9 Å². The second-order valence-corrected chi connectivity index (χ2v) is 3.90. The molecular weight excluding hydrogens is 226 g/mol. The van der Waals surface area contributed by atoms with Crippen LogP contribution in [0.1, 0.15) is 6.42 Å². The Kier molecular flexibility index (Phi) is 6.58. The van der Waals surface area contributed by atoms with E-state index in [1.807, 2.05) is 10.9 Å². The summed E-state index contributed by atoms with van der Waals surface area (Å²) in [7, 11) is -1.49. The van der Waals surface area contributed by atoms with Gasteiger partial charge in [-0.15, -0.1) is 0 Å². The summed E-state index contributed by atoms with van der Waals surface area (Å²) in [5.74, 6) is -0.607. The van der Waals surface area contributed by atoms with Crippen molar-refractivity contribution in [1.29, 1.82) is 0 Å². The highest BCUT2D eigenvalue weighted by molar-refractivity contribution is 7.69. The molecule has 9 heteroatoms. The predicted molar refractivity (Wildman–Crippen MR) is 50.9 cm³/mol. The van der Waals surface area contributed by atoms with Crippen molar-refractivity contribution < 1.29 is 23.1 Å². The number of aliphatic hydroxyl groups excluding tert-OH is 1. The van der Waals surface area contributed by atoms with Crippen molar-refractivity contribution in [3.63, 3.8) is 0 Å². The van der Waals surface area contributed by atoms with E-state index in [1.165, 1.54) is 7.05 Å². The second kappa shape index (κ2) is 7.15. The van der Waals surface area contributed by atoms with Crippen LogP contribution in [0.5, 0.6) is 0 Å². The van der Waals surface area contributed by atoms with Crippen LogP contribution in [0.3, 0.4) is 0 Å². The number of rotatable bonds is 7. The molecule has 0 aromatic carbocycles. The Labute approximate surface area is 88.3 Å². The molecular formula is C6H13N3O5S. The fourth-order valence-corrected chi connectivity index (χ4v) is 1.13. The molecule has 0 bridgehead atoms. The molecule has 3 N–H and O–H groups in total. The number of aliphatic hydroxyl groups is 1. The van der Waals surface area contributed by atoms with Gasteiger partial charge in [0.25, 0.3) is 0 Å². The lowest BCUT2D eigenvalue weighted by molar-refractivity contribution is -0.126. The smallest absolute Gasteiger partial charge is 0.241 e. The van der Waals surface area contributed by atoms with Gasteiger partial charge in [0.1, 0.15) is 0 Å². The summed E-state index contributed by atoms with van der Waals surface area (Å²) in [6.07, 6.45) is -1.14. The standard InChI is InChI=1S/C6H13N3O5S/c1-9(15(13)14)3-5(11)2-6(12)8-7-4-10/h4-5,11,15H,2-3H2,1H3,(H,7,10)(H,8,12)/t5-/m0/s1. The van der Waals surface area contributed by atoms with Crippen molar-refractivity contribution in [3.05, 3.63) is 0 Å². The lowest BCUT2D eigenvalue weighted by atomic mass is 10.2. The van der Waals surface area contributed by atoms with Gasteiger partial charge < -0.3 is 5.11 Å². The van der Waals surface area contributed by atoms with Gasteiger partial charge in [-0.3, -0.25) is 20.4 Å². The van der Waals surface area contributed by atoms with Crippen molar-refractivity contribution in [1.82, 2.24) is 15.2 Å². The van der Waals surface area contributed by atoms with Gasteiger partial charge in [0.05, 0.1) is 12.5 Å².